The number of piperidine rings is 1. The Bertz CT molecular complexity index is 1300. The molecule has 2 aliphatic heterocycles. The second-order valence-electron chi connectivity index (χ2n) is 8.78. The lowest BCUT2D eigenvalue weighted by Crippen LogP contribution is -2.53. The van der Waals surface area contributed by atoms with E-state index in [1.807, 2.05) is 42.0 Å². The third-order valence-electron chi connectivity index (χ3n) is 6.50. The largest absolute Gasteiger partial charge is 0.495 e. The molecule has 0 radical (unpaired) electrons. The number of carbonyl (C=O) groups excluding carboxylic acids is 1. The Morgan fingerprint density at radius 1 is 1.14 bits per heavy atom. The molecule has 182 valence electrons. The number of amides is 1. The van der Waals surface area contributed by atoms with Crippen molar-refractivity contribution in [3.8, 4) is 11.4 Å². The maximum Gasteiger partial charge on any atom is 0.250 e. The summed E-state index contributed by atoms with van der Waals surface area (Å²) in [4.78, 5) is 19.4. The van der Waals surface area contributed by atoms with Gasteiger partial charge in [-0.05, 0) is 61.2 Å². The van der Waals surface area contributed by atoms with Crippen LogP contribution >= 0.6 is 0 Å². The van der Waals surface area contributed by atoms with Gasteiger partial charge in [0.05, 0.1) is 50.1 Å². The zero-order valence-corrected chi connectivity index (χ0v) is 19.3. The van der Waals surface area contributed by atoms with Crippen LogP contribution in [0, 0.1) is 24.4 Å². The molecule has 0 N–H and O–H groups in total. The van der Waals surface area contributed by atoms with Gasteiger partial charge in [0.25, 0.3) is 5.91 Å². The van der Waals surface area contributed by atoms with Crippen LogP contribution in [-0.2, 0) is 9.53 Å². The fourth-order valence-electron chi connectivity index (χ4n) is 4.77. The molecule has 1 aromatic heterocycles. The summed E-state index contributed by atoms with van der Waals surface area (Å²) in [7, 11) is 1.58. The van der Waals surface area contributed by atoms with E-state index < -0.39 is 23.5 Å². The topological polar surface area (TPSA) is 56.6 Å². The molecule has 6 nitrogen and oxygen atoms in total. The fourth-order valence-corrected chi connectivity index (χ4v) is 4.77. The molecule has 0 bridgehead atoms. The van der Waals surface area contributed by atoms with Crippen LogP contribution in [0.25, 0.3) is 11.8 Å². The molecular weight excluding hydrogens is 459 g/mol. The summed E-state index contributed by atoms with van der Waals surface area (Å²) in [6.07, 6.45) is 6.58. The van der Waals surface area contributed by atoms with Gasteiger partial charge in [-0.25, -0.2) is 18.2 Å². The molecule has 2 saturated heterocycles. The minimum Gasteiger partial charge on any atom is -0.495 e. The summed E-state index contributed by atoms with van der Waals surface area (Å²) in [5, 5.41) is 0. The molecular formula is C26H24F3N3O3. The monoisotopic (exact) mass is 483 g/mol. The standard InChI is InChI=1S/C26H24F3N3O3/c1-15-11-31(14-30-15)22-6-3-16(8-24(22)34-2)7-17-4-5-19-12-35-13-23(32(19)26(17)33)18-9-20(27)25(29)21(28)10-18/h3,6-11,14,19,23H,4-5,12-13H2,1-2H3/t19-,23-/m1/s1. The van der Waals surface area contributed by atoms with E-state index in [1.54, 1.807) is 18.3 Å². The molecule has 3 aromatic rings. The lowest BCUT2D eigenvalue weighted by Gasteiger charge is -2.45. The molecule has 0 spiro atoms. The number of hydrogen-bond donors (Lipinski definition) is 0. The molecule has 1 amide bonds. The van der Waals surface area contributed by atoms with E-state index in [4.69, 9.17) is 9.47 Å². The van der Waals surface area contributed by atoms with Crippen LogP contribution in [0.3, 0.4) is 0 Å². The Balaban J connectivity index is 1.46. The van der Waals surface area contributed by atoms with Crippen molar-refractivity contribution in [1.82, 2.24) is 14.5 Å². The van der Waals surface area contributed by atoms with Crippen LogP contribution in [-0.4, -0.2) is 46.7 Å². The van der Waals surface area contributed by atoms with Gasteiger partial charge in [0.2, 0.25) is 0 Å². The molecule has 3 heterocycles. The molecule has 35 heavy (non-hydrogen) atoms. The summed E-state index contributed by atoms with van der Waals surface area (Å²) >= 11 is 0. The second-order valence-corrected chi connectivity index (χ2v) is 8.78. The zero-order chi connectivity index (χ0) is 24.7. The highest BCUT2D eigenvalue weighted by Gasteiger charge is 2.40. The normalized spacial score (nSPS) is 21.3. The van der Waals surface area contributed by atoms with Gasteiger partial charge in [-0.2, -0.15) is 0 Å². The molecule has 2 atom stereocenters. The third-order valence-corrected chi connectivity index (χ3v) is 6.50. The molecule has 2 aliphatic rings. The Morgan fingerprint density at radius 2 is 1.91 bits per heavy atom. The first kappa shape index (κ1) is 23.2. The fraction of sp³-hybridized carbons (Fsp3) is 0.308. The van der Waals surface area contributed by atoms with Crippen LogP contribution in [0.15, 0.2) is 48.4 Å². The van der Waals surface area contributed by atoms with Crippen molar-refractivity contribution >= 4 is 12.0 Å². The van der Waals surface area contributed by atoms with Gasteiger partial charge < -0.3 is 18.9 Å². The first-order valence-corrected chi connectivity index (χ1v) is 11.3. The van der Waals surface area contributed by atoms with Crippen LogP contribution < -0.4 is 4.74 Å². The maximum atomic E-state index is 13.9. The van der Waals surface area contributed by atoms with Crippen molar-refractivity contribution in [2.45, 2.75) is 31.8 Å². The van der Waals surface area contributed by atoms with Crippen LogP contribution in [0.2, 0.25) is 0 Å². The van der Waals surface area contributed by atoms with Crippen LogP contribution in [0.5, 0.6) is 5.75 Å². The zero-order valence-electron chi connectivity index (χ0n) is 19.3. The first-order valence-electron chi connectivity index (χ1n) is 11.3. The Morgan fingerprint density at radius 3 is 2.60 bits per heavy atom. The van der Waals surface area contributed by atoms with E-state index in [2.05, 4.69) is 4.98 Å². The third kappa shape index (κ3) is 4.32. The van der Waals surface area contributed by atoms with E-state index in [0.717, 1.165) is 29.1 Å². The number of benzene rings is 2. The van der Waals surface area contributed by atoms with Crippen molar-refractivity contribution in [3.05, 3.63) is 82.7 Å². The number of nitrogens with zero attached hydrogens (tertiary/aromatic N) is 3. The summed E-state index contributed by atoms with van der Waals surface area (Å²) in [5.41, 5.74) is 3.22. The number of ether oxygens (including phenoxy) is 2. The molecule has 9 heteroatoms. The summed E-state index contributed by atoms with van der Waals surface area (Å²) in [6, 6.07) is 6.55. The van der Waals surface area contributed by atoms with Gasteiger partial charge >= 0.3 is 0 Å². The number of fused-ring (bicyclic) bond motifs is 1. The highest BCUT2D eigenvalue weighted by atomic mass is 19.2. The molecule has 0 saturated carbocycles. The van der Waals surface area contributed by atoms with E-state index in [0.29, 0.717) is 30.8 Å². The summed E-state index contributed by atoms with van der Waals surface area (Å²) in [5.74, 6) is -3.71. The van der Waals surface area contributed by atoms with Crippen molar-refractivity contribution in [3.63, 3.8) is 0 Å². The predicted molar refractivity (Wildman–Crippen MR) is 123 cm³/mol. The van der Waals surface area contributed by atoms with E-state index in [1.165, 1.54) is 0 Å². The number of rotatable bonds is 4. The molecule has 2 fully saturated rings. The van der Waals surface area contributed by atoms with Gasteiger partial charge in [0.15, 0.2) is 17.5 Å². The number of halogens is 3. The van der Waals surface area contributed by atoms with Crippen molar-refractivity contribution < 1.29 is 27.4 Å². The average Bonchev–Trinajstić information content (AvgIpc) is 3.29. The molecule has 2 aromatic carbocycles. The lowest BCUT2D eigenvalue weighted by molar-refractivity contribution is -0.145. The SMILES string of the molecule is COc1cc(C=C2CC[C@@H]3COC[C@H](c4cc(F)c(F)c(F)c4)N3C2=O)ccc1-n1cnc(C)c1. The number of hydrogen-bond acceptors (Lipinski definition) is 4. The molecule has 0 aliphatic carbocycles. The van der Waals surface area contributed by atoms with Gasteiger partial charge in [-0.15, -0.1) is 0 Å². The van der Waals surface area contributed by atoms with Gasteiger partial charge in [-0.1, -0.05) is 6.07 Å². The lowest BCUT2D eigenvalue weighted by atomic mass is 9.91. The molecule has 0 unspecified atom stereocenters. The highest BCUT2D eigenvalue weighted by Crippen LogP contribution is 2.37. The minimum absolute atomic E-state index is 0.0763. The molecule has 5 rings (SSSR count). The Kier molecular flexibility index (Phi) is 6.10. The predicted octanol–water partition coefficient (Wildman–Crippen LogP) is 4.75. The van der Waals surface area contributed by atoms with Crippen molar-refractivity contribution in [2.24, 2.45) is 0 Å². The number of methoxy groups -OCH3 is 1. The Hall–Kier alpha value is -3.59. The maximum absolute atomic E-state index is 13.9. The van der Waals surface area contributed by atoms with E-state index >= 15 is 0 Å². The number of imidazole rings is 1. The highest BCUT2D eigenvalue weighted by molar-refractivity contribution is 5.99. The van der Waals surface area contributed by atoms with Gasteiger partial charge in [0.1, 0.15) is 5.75 Å². The van der Waals surface area contributed by atoms with Crippen LogP contribution in [0.4, 0.5) is 13.2 Å². The van der Waals surface area contributed by atoms with Gasteiger partial charge in [0, 0.05) is 11.8 Å². The first-order chi connectivity index (χ1) is 16.9. The average molecular weight is 483 g/mol. The van der Waals surface area contributed by atoms with Crippen molar-refractivity contribution in [2.75, 3.05) is 20.3 Å². The smallest absolute Gasteiger partial charge is 0.250 e. The van der Waals surface area contributed by atoms with Crippen molar-refractivity contribution in [1.29, 1.82) is 0 Å². The van der Waals surface area contributed by atoms with Crippen LogP contribution in [0.1, 0.15) is 35.7 Å². The van der Waals surface area contributed by atoms with Gasteiger partial charge in [-0.3, -0.25) is 4.79 Å². The number of aryl methyl sites for hydroxylation is 1. The van der Waals surface area contributed by atoms with E-state index in [-0.39, 0.29) is 24.1 Å². The minimum atomic E-state index is -1.53. The number of carbonyl (C=O) groups is 1. The van der Waals surface area contributed by atoms with E-state index in [9.17, 15) is 18.0 Å². The summed E-state index contributed by atoms with van der Waals surface area (Å²) < 4.78 is 54.4. The quantitative estimate of drug-likeness (QED) is 0.397. The Labute approximate surface area is 200 Å². The number of aromatic nitrogens is 2. The number of morpholine rings is 1. The summed E-state index contributed by atoms with van der Waals surface area (Å²) in [6.45, 7) is 2.32. The second kappa shape index (κ2) is 9.22.